The Morgan fingerprint density at radius 3 is 2.54 bits per heavy atom. The van der Waals surface area contributed by atoms with Gasteiger partial charge in [-0.1, -0.05) is 18.9 Å². The number of furan rings is 1. The minimum atomic E-state index is -0.272. The molecule has 0 saturated carbocycles. The van der Waals surface area contributed by atoms with Crippen LogP contribution in [0.5, 0.6) is 0 Å². The van der Waals surface area contributed by atoms with Crippen LogP contribution in [-0.2, 0) is 4.79 Å². The molecule has 1 aliphatic rings. The third kappa shape index (κ3) is 4.14. The van der Waals surface area contributed by atoms with Crippen LogP contribution in [0.15, 0.2) is 46.0 Å². The topological polar surface area (TPSA) is 62.6 Å². The van der Waals surface area contributed by atoms with E-state index < -0.39 is 0 Å². The highest BCUT2D eigenvalue weighted by molar-refractivity contribution is 7.12. The van der Waals surface area contributed by atoms with Crippen molar-refractivity contribution in [1.82, 2.24) is 10.2 Å². The first-order valence-corrected chi connectivity index (χ1v) is 9.01. The number of thiophene rings is 1. The van der Waals surface area contributed by atoms with Crippen molar-refractivity contribution in [1.29, 1.82) is 0 Å². The number of rotatable bonds is 4. The molecule has 5 nitrogen and oxygen atoms in total. The van der Waals surface area contributed by atoms with Crippen molar-refractivity contribution in [2.75, 3.05) is 13.1 Å². The van der Waals surface area contributed by atoms with Crippen LogP contribution in [0.1, 0.15) is 41.1 Å². The maximum atomic E-state index is 12.9. The van der Waals surface area contributed by atoms with Crippen molar-refractivity contribution < 1.29 is 14.0 Å². The zero-order valence-electron chi connectivity index (χ0n) is 13.4. The molecule has 126 valence electrons. The number of carbonyl (C=O) groups excluding carboxylic acids is 2. The van der Waals surface area contributed by atoms with Crippen LogP contribution >= 0.6 is 11.3 Å². The molecule has 0 bridgehead atoms. The predicted octanol–water partition coefficient (Wildman–Crippen LogP) is 3.51. The largest absolute Gasteiger partial charge is 0.465 e. The van der Waals surface area contributed by atoms with Crippen LogP contribution < -0.4 is 5.32 Å². The molecule has 0 radical (unpaired) electrons. The fourth-order valence-electron chi connectivity index (χ4n) is 2.70. The van der Waals surface area contributed by atoms with Gasteiger partial charge in [-0.15, -0.1) is 11.3 Å². The lowest BCUT2D eigenvalue weighted by Crippen LogP contribution is -2.38. The van der Waals surface area contributed by atoms with Crippen molar-refractivity contribution >= 4 is 29.2 Å². The van der Waals surface area contributed by atoms with Crippen molar-refractivity contribution in [3.05, 3.63) is 52.2 Å². The molecule has 24 heavy (non-hydrogen) atoms. The lowest BCUT2D eigenvalue weighted by Gasteiger charge is -2.22. The summed E-state index contributed by atoms with van der Waals surface area (Å²) >= 11 is 1.34. The molecule has 0 aromatic carbocycles. The van der Waals surface area contributed by atoms with Crippen LogP contribution in [0.2, 0.25) is 0 Å². The molecular weight excluding hydrogens is 324 g/mol. The Hall–Kier alpha value is -2.34. The molecule has 0 spiro atoms. The highest BCUT2D eigenvalue weighted by Crippen LogP contribution is 2.15. The minimum absolute atomic E-state index is 0.154. The van der Waals surface area contributed by atoms with Gasteiger partial charge < -0.3 is 14.6 Å². The second-order valence-corrected chi connectivity index (χ2v) is 6.66. The van der Waals surface area contributed by atoms with E-state index in [4.69, 9.17) is 4.42 Å². The minimum Gasteiger partial charge on any atom is -0.465 e. The molecule has 2 aromatic heterocycles. The molecule has 0 unspecified atom stereocenters. The summed E-state index contributed by atoms with van der Waals surface area (Å²) in [5.74, 6) is 0.115. The van der Waals surface area contributed by atoms with Crippen LogP contribution in [0.25, 0.3) is 6.08 Å². The molecule has 6 heteroatoms. The normalized spacial score (nSPS) is 15.8. The van der Waals surface area contributed by atoms with Gasteiger partial charge in [0.1, 0.15) is 11.5 Å². The Bertz CT molecular complexity index is 697. The SMILES string of the molecule is O=C(NC(=Cc1ccco1)C(=O)N1CCCCCC1)c1cccs1. The van der Waals surface area contributed by atoms with E-state index in [1.54, 1.807) is 30.5 Å². The van der Waals surface area contributed by atoms with Gasteiger partial charge >= 0.3 is 0 Å². The molecular formula is C18H20N2O3S. The molecule has 1 fully saturated rings. The molecule has 1 saturated heterocycles. The summed E-state index contributed by atoms with van der Waals surface area (Å²) in [5, 5.41) is 4.59. The van der Waals surface area contributed by atoms with Crippen molar-refractivity contribution in [3.63, 3.8) is 0 Å². The predicted molar refractivity (Wildman–Crippen MR) is 93.5 cm³/mol. The maximum absolute atomic E-state index is 12.9. The third-order valence-corrected chi connectivity index (χ3v) is 4.82. The molecule has 1 aliphatic heterocycles. The lowest BCUT2D eigenvalue weighted by atomic mass is 10.2. The lowest BCUT2D eigenvalue weighted by molar-refractivity contribution is -0.127. The van der Waals surface area contributed by atoms with Crippen LogP contribution in [0.4, 0.5) is 0 Å². The van der Waals surface area contributed by atoms with Gasteiger partial charge in [0.15, 0.2) is 0 Å². The van der Waals surface area contributed by atoms with E-state index in [0.717, 1.165) is 38.8 Å². The van der Waals surface area contributed by atoms with E-state index in [9.17, 15) is 9.59 Å². The van der Waals surface area contributed by atoms with Gasteiger partial charge in [0.05, 0.1) is 11.1 Å². The number of likely N-dealkylation sites (tertiary alicyclic amines) is 1. The highest BCUT2D eigenvalue weighted by atomic mass is 32.1. The number of nitrogens with zero attached hydrogens (tertiary/aromatic N) is 1. The molecule has 3 heterocycles. The van der Waals surface area contributed by atoms with Crippen LogP contribution in [-0.4, -0.2) is 29.8 Å². The Kier molecular flexibility index (Phi) is 5.48. The average Bonchev–Trinajstić information content (AvgIpc) is 3.23. The first-order chi connectivity index (χ1) is 11.7. The standard InChI is InChI=1S/C18H20N2O3S/c21-17(16-8-6-12-24-16)19-15(13-14-7-5-11-23-14)18(22)20-9-3-1-2-4-10-20/h5-8,11-13H,1-4,9-10H2,(H,19,21). The van der Waals surface area contributed by atoms with Gasteiger partial charge in [-0.25, -0.2) is 0 Å². The second-order valence-electron chi connectivity index (χ2n) is 5.71. The number of nitrogens with one attached hydrogen (secondary N) is 1. The quantitative estimate of drug-likeness (QED) is 0.863. The van der Waals surface area contributed by atoms with E-state index in [0.29, 0.717) is 10.6 Å². The van der Waals surface area contributed by atoms with E-state index in [-0.39, 0.29) is 17.5 Å². The molecule has 2 amide bonds. The number of amides is 2. The summed E-state index contributed by atoms with van der Waals surface area (Å²) in [6.07, 6.45) is 7.42. The summed E-state index contributed by atoms with van der Waals surface area (Å²) in [6, 6.07) is 7.06. The van der Waals surface area contributed by atoms with Crippen molar-refractivity contribution in [3.8, 4) is 0 Å². The van der Waals surface area contributed by atoms with Gasteiger partial charge in [0.25, 0.3) is 11.8 Å². The van der Waals surface area contributed by atoms with Crippen molar-refractivity contribution in [2.24, 2.45) is 0 Å². The first-order valence-electron chi connectivity index (χ1n) is 8.13. The molecule has 1 N–H and O–H groups in total. The van der Waals surface area contributed by atoms with Gasteiger partial charge in [0, 0.05) is 19.2 Å². The van der Waals surface area contributed by atoms with Gasteiger partial charge in [-0.05, 0) is 36.4 Å². The van der Waals surface area contributed by atoms with E-state index in [2.05, 4.69) is 5.32 Å². The molecule has 3 rings (SSSR count). The van der Waals surface area contributed by atoms with Gasteiger partial charge in [0.2, 0.25) is 0 Å². The Balaban J connectivity index is 1.81. The zero-order chi connectivity index (χ0) is 16.8. The Morgan fingerprint density at radius 2 is 1.92 bits per heavy atom. The van der Waals surface area contributed by atoms with Crippen LogP contribution in [0.3, 0.4) is 0 Å². The molecule has 2 aromatic rings. The fourth-order valence-corrected chi connectivity index (χ4v) is 3.32. The van der Waals surface area contributed by atoms with Crippen molar-refractivity contribution in [2.45, 2.75) is 25.7 Å². The number of carbonyl (C=O) groups is 2. The summed E-state index contributed by atoms with van der Waals surface area (Å²) in [4.78, 5) is 27.6. The summed E-state index contributed by atoms with van der Waals surface area (Å²) in [5.41, 5.74) is 0.255. The third-order valence-electron chi connectivity index (χ3n) is 3.95. The summed E-state index contributed by atoms with van der Waals surface area (Å²) in [6.45, 7) is 1.45. The highest BCUT2D eigenvalue weighted by Gasteiger charge is 2.22. The summed E-state index contributed by atoms with van der Waals surface area (Å²) < 4.78 is 5.30. The van der Waals surface area contributed by atoms with E-state index in [1.165, 1.54) is 11.3 Å². The van der Waals surface area contributed by atoms with Crippen LogP contribution in [0, 0.1) is 0 Å². The molecule has 0 aliphatic carbocycles. The smallest absolute Gasteiger partial charge is 0.270 e. The second kappa shape index (κ2) is 7.97. The van der Waals surface area contributed by atoms with E-state index in [1.807, 2.05) is 16.3 Å². The monoisotopic (exact) mass is 344 g/mol. The summed E-state index contributed by atoms with van der Waals surface area (Å²) in [7, 11) is 0. The Labute approximate surface area is 145 Å². The number of hydrogen-bond donors (Lipinski definition) is 1. The first kappa shape index (κ1) is 16.5. The zero-order valence-corrected chi connectivity index (χ0v) is 14.2. The molecule has 0 atom stereocenters. The fraction of sp³-hybridized carbons (Fsp3) is 0.333. The Morgan fingerprint density at radius 1 is 1.12 bits per heavy atom. The van der Waals surface area contributed by atoms with Gasteiger partial charge in [-0.3, -0.25) is 9.59 Å². The van der Waals surface area contributed by atoms with E-state index >= 15 is 0 Å². The van der Waals surface area contributed by atoms with Gasteiger partial charge in [-0.2, -0.15) is 0 Å². The average molecular weight is 344 g/mol. The number of hydrogen-bond acceptors (Lipinski definition) is 4. The maximum Gasteiger partial charge on any atom is 0.270 e.